The van der Waals surface area contributed by atoms with Gasteiger partial charge in [-0.05, 0) is 6.92 Å². The maximum absolute atomic E-state index is 4.78. The molecule has 0 bridgehead atoms. The third kappa shape index (κ3) is 0.734. The molecule has 0 aromatic carbocycles. The van der Waals surface area contributed by atoms with Crippen LogP contribution in [0.15, 0.2) is 0 Å². The third-order valence-electron chi connectivity index (χ3n) is 0.639. The summed E-state index contributed by atoms with van der Waals surface area (Å²) in [6.45, 7) is 2.67. The van der Waals surface area contributed by atoms with Crippen LogP contribution in [-0.2, 0) is 4.74 Å². The van der Waals surface area contributed by atoms with E-state index in [1.54, 1.807) is 0 Å². The van der Waals surface area contributed by atoms with Gasteiger partial charge in [0, 0.05) is 0 Å². The molecule has 1 fully saturated rings. The fourth-order valence-corrected chi connectivity index (χ4v) is 0.292. The SMILES string of the molecule is CC#C[C@H]1CO1. The molecule has 1 rings (SSSR count). The predicted molar refractivity (Wildman–Crippen MR) is 23.2 cm³/mol. The summed E-state index contributed by atoms with van der Waals surface area (Å²) < 4.78 is 4.78. The van der Waals surface area contributed by atoms with E-state index < -0.39 is 0 Å². The van der Waals surface area contributed by atoms with Gasteiger partial charge in [0.15, 0.2) is 0 Å². The van der Waals surface area contributed by atoms with Gasteiger partial charge >= 0.3 is 0 Å². The molecule has 1 atom stereocenters. The van der Waals surface area contributed by atoms with Crippen LogP contribution >= 0.6 is 0 Å². The molecule has 0 radical (unpaired) electrons. The minimum atomic E-state index is 0.287. The van der Waals surface area contributed by atoms with E-state index in [1.807, 2.05) is 6.92 Å². The predicted octanol–water partition coefficient (Wildman–Crippen LogP) is 0.408. The molecule has 1 nitrogen and oxygen atoms in total. The van der Waals surface area contributed by atoms with Crippen LogP contribution in [0.5, 0.6) is 0 Å². The topological polar surface area (TPSA) is 12.5 Å². The van der Waals surface area contributed by atoms with E-state index in [0.29, 0.717) is 0 Å². The maximum atomic E-state index is 4.78. The van der Waals surface area contributed by atoms with E-state index in [2.05, 4.69) is 11.8 Å². The molecule has 1 heteroatoms. The zero-order valence-corrected chi connectivity index (χ0v) is 3.69. The van der Waals surface area contributed by atoms with Crippen molar-refractivity contribution in [1.82, 2.24) is 0 Å². The van der Waals surface area contributed by atoms with Crippen LogP contribution in [0, 0.1) is 11.8 Å². The smallest absolute Gasteiger partial charge is 0.141 e. The number of hydrogen-bond donors (Lipinski definition) is 0. The molecule has 0 saturated carbocycles. The van der Waals surface area contributed by atoms with Crippen molar-refractivity contribution in [2.75, 3.05) is 6.61 Å². The normalized spacial score (nSPS) is 27.8. The minimum Gasteiger partial charge on any atom is -0.359 e. The highest BCUT2D eigenvalue weighted by atomic mass is 16.6. The Morgan fingerprint density at radius 1 is 1.83 bits per heavy atom. The summed E-state index contributed by atoms with van der Waals surface area (Å²) in [6.07, 6.45) is 0.287. The molecule has 0 aromatic rings. The van der Waals surface area contributed by atoms with Crippen LogP contribution in [0.1, 0.15) is 6.92 Å². The number of hydrogen-bond acceptors (Lipinski definition) is 1. The fraction of sp³-hybridized carbons (Fsp3) is 0.600. The molecule has 32 valence electrons. The highest BCUT2D eigenvalue weighted by Gasteiger charge is 2.17. The lowest BCUT2D eigenvalue weighted by atomic mass is 10.5. The average molecular weight is 82.1 g/mol. The molecule has 0 spiro atoms. The second kappa shape index (κ2) is 1.32. The molecular formula is C5H6O. The molecule has 0 unspecified atom stereocenters. The summed E-state index contributed by atoms with van der Waals surface area (Å²) in [6, 6.07) is 0. The summed E-state index contributed by atoms with van der Waals surface area (Å²) in [7, 11) is 0. The zero-order chi connectivity index (χ0) is 4.41. The summed E-state index contributed by atoms with van der Waals surface area (Å²) in [5, 5.41) is 0. The standard InChI is InChI=1S/C5H6O/c1-2-3-5-4-6-5/h5H,4H2,1H3/t5-/m0/s1. The van der Waals surface area contributed by atoms with Gasteiger partial charge in [0.1, 0.15) is 6.10 Å². The largest absolute Gasteiger partial charge is 0.359 e. The van der Waals surface area contributed by atoms with Crippen LogP contribution in [0.2, 0.25) is 0 Å². The van der Waals surface area contributed by atoms with Crippen molar-refractivity contribution in [3.63, 3.8) is 0 Å². The molecule has 1 saturated heterocycles. The number of epoxide rings is 1. The van der Waals surface area contributed by atoms with Gasteiger partial charge in [-0.3, -0.25) is 0 Å². The van der Waals surface area contributed by atoms with Crippen molar-refractivity contribution in [3.8, 4) is 11.8 Å². The molecule has 0 N–H and O–H groups in total. The highest BCUT2D eigenvalue weighted by molar-refractivity contribution is 5.07. The lowest BCUT2D eigenvalue weighted by Gasteiger charge is -1.59. The Bertz CT molecular complexity index is 92.2. The Balaban J connectivity index is 2.27. The average Bonchev–Trinajstić information content (AvgIpc) is 2.21. The summed E-state index contributed by atoms with van der Waals surface area (Å²) in [5.41, 5.74) is 0. The van der Waals surface area contributed by atoms with Crippen molar-refractivity contribution in [2.45, 2.75) is 13.0 Å². The van der Waals surface area contributed by atoms with E-state index in [9.17, 15) is 0 Å². The van der Waals surface area contributed by atoms with E-state index in [0.717, 1.165) is 6.61 Å². The Kier molecular flexibility index (Phi) is 0.813. The van der Waals surface area contributed by atoms with Crippen molar-refractivity contribution >= 4 is 0 Å². The molecule has 6 heavy (non-hydrogen) atoms. The first-order valence-electron chi connectivity index (χ1n) is 1.97. The van der Waals surface area contributed by atoms with E-state index in [1.165, 1.54) is 0 Å². The van der Waals surface area contributed by atoms with Gasteiger partial charge in [0.25, 0.3) is 0 Å². The molecule has 1 aliphatic rings. The van der Waals surface area contributed by atoms with Gasteiger partial charge in [0.05, 0.1) is 6.61 Å². The van der Waals surface area contributed by atoms with Gasteiger partial charge in [-0.25, -0.2) is 0 Å². The second-order valence-electron chi connectivity index (χ2n) is 1.22. The number of ether oxygens (including phenoxy) is 1. The lowest BCUT2D eigenvalue weighted by molar-refractivity contribution is 0.445. The van der Waals surface area contributed by atoms with Crippen LogP contribution in [0.3, 0.4) is 0 Å². The van der Waals surface area contributed by atoms with Crippen LogP contribution in [-0.4, -0.2) is 12.7 Å². The summed E-state index contributed by atoms with van der Waals surface area (Å²) in [4.78, 5) is 0. The first-order chi connectivity index (χ1) is 2.93. The van der Waals surface area contributed by atoms with Crippen molar-refractivity contribution < 1.29 is 4.74 Å². The third-order valence-corrected chi connectivity index (χ3v) is 0.639. The Morgan fingerprint density at radius 3 is 2.67 bits per heavy atom. The summed E-state index contributed by atoms with van der Waals surface area (Å²) >= 11 is 0. The Morgan fingerprint density at radius 2 is 2.50 bits per heavy atom. The molecule has 0 aliphatic carbocycles. The van der Waals surface area contributed by atoms with Gasteiger partial charge < -0.3 is 4.74 Å². The Hall–Kier alpha value is -0.480. The van der Waals surface area contributed by atoms with Crippen molar-refractivity contribution in [1.29, 1.82) is 0 Å². The van der Waals surface area contributed by atoms with Gasteiger partial charge in [-0.1, -0.05) is 5.92 Å². The number of rotatable bonds is 0. The van der Waals surface area contributed by atoms with Crippen LogP contribution in [0.4, 0.5) is 0 Å². The van der Waals surface area contributed by atoms with E-state index in [-0.39, 0.29) is 6.10 Å². The maximum Gasteiger partial charge on any atom is 0.141 e. The quantitative estimate of drug-likeness (QED) is 0.304. The van der Waals surface area contributed by atoms with Gasteiger partial charge in [0.2, 0.25) is 0 Å². The van der Waals surface area contributed by atoms with Crippen LogP contribution < -0.4 is 0 Å². The van der Waals surface area contributed by atoms with Crippen molar-refractivity contribution in [3.05, 3.63) is 0 Å². The summed E-state index contributed by atoms with van der Waals surface area (Å²) in [5.74, 6) is 5.60. The van der Waals surface area contributed by atoms with E-state index in [4.69, 9.17) is 4.74 Å². The Labute approximate surface area is 37.3 Å². The first-order valence-corrected chi connectivity index (χ1v) is 1.97. The molecule has 1 heterocycles. The fourth-order valence-electron chi connectivity index (χ4n) is 0.292. The highest BCUT2D eigenvalue weighted by Crippen LogP contribution is 2.04. The monoisotopic (exact) mass is 82.0 g/mol. The molecule has 1 aliphatic heterocycles. The molecule has 0 amide bonds. The van der Waals surface area contributed by atoms with Gasteiger partial charge in [-0.2, -0.15) is 0 Å². The van der Waals surface area contributed by atoms with Gasteiger partial charge in [-0.15, -0.1) is 5.92 Å². The first kappa shape index (κ1) is 3.70. The molecular weight excluding hydrogens is 76.1 g/mol. The molecule has 0 aromatic heterocycles. The van der Waals surface area contributed by atoms with E-state index >= 15 is 0 Å². The van der Waals surface area contributed by atoms with Crippen molar-refractivity contribution in [2.24, 2.45) is 0 Å². The van der Waals surface area contributed by atoms with Crippen LogP contribution in [0.25, 0.3) is 0 Å². The second-order valence-corrected chi connectivity index (χ2v) is 1.22. The zero-order valence-electron chi connectivity index (χ0n) is 3.69. The lowest BCUT2D eigenvalue weighted by Crippen LogP contribution is -1.70. The minimum absolute atomic E-state index is 0.287.